The summed E-state index contributed by atoms with van der Waals surface area (Å²) in [6.07, 6.45) is 0.949. The number of nitrogens with one attached hydrogen (secondary N) is 1. The van der Waals surface area contributed by atoms with Gasteiger partial charge in [-0.2, -0.15) is 0 Å². The predicted molar refractivity (Wildman–Crippen MR) is 132 cm³/mol. The van der Waals surface area contributed by atoms with E-state index in [1.807, 2.05) is 66.7 Å². The number of rotatable bonds is 11. The number of benzene rings is 3. The minimum Gasteiger partial charge on any atom is -0.497 e. The Balaban J connectivity index is 1.37. The van der Waals surface area contributed by atoms with Crippen LogP contribution in [0.3, 0.4) is 0 Å². The van der Waals surface area contributed by atoms with E-state index in [1.165, 1.54) is 0 Å². The average molecular weight is 460 g/mol. The smallest absolute Gasteiger partial charge is 0.224 e. The summed E-state index contributed by atoms with van der Waals surface area (Å²) in [4.78, 5) is 17.2. The molecule has 7 heteroatoms. The summed E-state index contributed by atoms with van der Waals surface area (Å²) in [5.74, 6) is 3.08. The number of imidazole rings is 1. The normalized spacial score (nSPS) is 10.8. The number of hydrogen-bond donors (Lipinski definition) is 1. The van der Waals surface area contributed by atoms with Crippen LogP contribution in [-0.2, 0) is 24.2 Å². The van der Waals surface area contributed by atoms with Gasteiger partial charge in [0.15, 0.2) is 11.5 Å². The molecule has 0 unspecified atom stereocenters. The monoisotopic (exact) mass is 459 g/mol. The number of methoxy groups -OCH3 is 2. The van der Waals surface area contributed by atoms with Crippen molar-refractivity contribution in [3.8, 4) is 17.2 Å². The van der Waals surface area contributed by atoms with Gasteiger partial charge in [0.05, 0.1) is 38.2 Å². The lowest BCUT2D eigenvalue weighted by atomic mass is 10.1. The highest BCUT2D eigenvalue weighted by Gasteiger charge is 2.12. The molecule has 0 radical (unpaired) electrons. The number of nitrogens with zero attached hydrogens (tertiary/aromatic N) is 2. The summed E-state index contributed by atoms with van der Waals surface area (Å²) in [5.41, 5.74) is 2.92. The molecule has 0 aliphatic rings. The van der Waals surface area contributed by atoms with E-state index in [9.17, 15) is 4.79 Å². The maximum atomic E-state index is 12.4. The highest BCUT2D eigenvalue weighted by Crippen LogP contribution is 2.26. The first-order valence-electron chi connectivity index (χ1n) is 11.3. The number of para-hydroxylation sites is 4. The first kappa shape index (κ1) is 23.2. The third kappa shape index (κ3) is 5.67. The van der Waals surface area contributed by atoms with Gasteiger partial charge in [0.1, 0.15) is 18.2 Å². The third-order valence-electron chi connectivity index (χ3n) is 5.57. The maximum Gasteiger partial charge on any atom is 0.224 e. The van der Waals surface area contributed by atoms with E-state index in [1.54, 1.807) is 14.2 Å². The van der Waals surface area contributed by atoms with E-state index in [0.717, 1.165) is 28.2 Å². The quantitative estimate of drug-likeness (QED) is 0.367. The van der Waals surface area contributed by atoms with Crippen molar-refractivity contribution in [1.29, 1.82) is 0 Å². The zero-order valence-electron chi connectivity index (χ0n) is 19.5. The molecular weight excluding hydrogens is 430 g/mol. The lowest BCUT2D eigenvalue weighted by Crippen LogP contribution is -2.28. The van der Waals surface area contributed by atoms with Gasteiger partial charge in [0.2, 0.25) is 5.91 Å². The van der Waals surface area contributed by atoms with Crippen molar-refractivity contribution in [3.63, 3.8) is 0 Å². The molecule has 4 aromatic rings. The molecule has 0 fully saturated rings. The molecule has 176 valence electrons. The minimum absolute atomic E-state index is 0.0210. The Kier molecular flexibility index (Phi) is 7.65. The average Bonchev–Trinajstić information content (AvgIpc) is 3.22. The van der Waals surface area contributed by atoms with Crippen molar-refractivity contribution in [2.75, 3.05) is 27.4 Å². The summed E-state index contributed by atoms with van der Waals surface area (Å²) in [5, 5.41) is 3.01. The maximum absolute atomic E-state index is 12.4. The van der Waals surface area contributed by atoms with Gasteiger partial charge in [-0.15, -0.1) is 0 Å². The Morgan fingerprint density at radius 1 is 0.912 bits per heavy atom. The van der Waals surface area contributed by atoms with Gasteiger partial charge in [0, 0.05) is 13.0 Å². The van der Waals surface area contributed by atoms with Gasteiger partial charge >= 0.3 is 0 Å². The Morgan fingerprint density at radius 2 is 1.65 bits per heavy atom. The van der Waals surface area contributed by atoms with Crippen LogP contribution in [0, 0.1) is 0 Å². The Morgan fingerprint density at radius 3 is 2.41 bits per heavy atom. The largest absolute Gasteiger partial charge is 0.497 e. The fourth-order valence-corrected chi connectivity index (χ4v) is 3.86. The van der Waals surface area contributed by atoms with Gasteiger partial charge in [-0.05, 0) is 42.0 Å². The SMILES string of the molecule is COc1ccc(CC(=O)NCCc2nc3ccccc3n2CCOc2ccccc2OC)cc1. The second kappa shape index (κ2) is 11.2. The standard InChI is InChI=1S/C27H29N3O4/c1-32-21-13-11-20(12-14-21)19-27(31)28-16-15-26-29-22-7-3-4-8-23(22)30(26)17-18-34-25-10-6-5-9-24(25)33-2/h3-14H,15-19H2,1-2H3,(H,28,31). The highest BCUT2D eigenvalue weighted by atomic mass is 16.5. The molecule has 1 amide bonds. The van der Waals surface area contributed by atoms with E-state index in [-0.39, 0.29) is 5.91 Å². The predicted octanol–water partition coefficient (Wildman–Crippen LogP) is 4.03. The van der Waals surface area contributed by atoms with Crippen molar-refractivity contribution in [3.05, 3.63) is 84.2 Å². The van der Waals surface area contributed by atoms with Crippen LogP contribution in [0.15, 0.2) is 72.8 Å². The second-order valence-corrected chi connectivity index (χ2v) is 7.79. The molecule has 0 saturated heterocycles. The van der Waals surface area contributed by atoms with Gasteiger partial charge in [-0.25, -0.2) is 4.98 Å². The molecule has 3 aromatic carbocycles. The van der Waals surface area contributed by atoms with Crippen molar-refractivity contribution < 1.29 is 19.0 Å². The molecule has 34 heavy (non-hydrogen) atoms. The van der Waals surface area contributed by atoms with Crippen molar-refractivity contribution in [2.45, 2.75) is 19.4 Å². The van der Waals surface area contributed by atoms with Gasteiger partial charge in [-0.1, -0.05) is 36.4 Å². The minimum atomic E-state index is -0.0210. The molecule has 0 bridgehead atoms. The van der Waals surface area contributed by atoms with Crippen LogP contribution in [0.25, 0.3) is 11.0 Å². The van der Waals surface area contributed by atoms with E-state index in [2.05, 4.69) is 16.0 Å². The van der Waals surface area contributed by atoms with Crippen LogP contribution in [0.4, 0.5) is 0 Å². The van der Waals surface area contributed by atoms with E-state index in [0.29, 0.717) is 44.0 Å². The number of amides is 1. The highest BCUT2D eigenvalue weighted by molar-refractivity contribution is 5.78. The zero-order valence-corrected chi connectivity index (χ0v) is 19.5. The zero-order chi connectivity index (χ0) is 23.8. The summed E-state index contributed by atoms with van der Waals surface area (Å²) >= 11 is 0. The molecule has 1 aromatic heterocycles. The topological polar surface area (TPSA) is 74.6 Å². The van der Waals surface area contributed by atoms with Gasteiger partial charge in [-0.3, -0.25) is 4.79 Å². The fourth-order valence-electron chi connectivity index (χ4n) is 3.86. The third-order valence-corrected chi connectivity index (χ3v) is 5.57. The molecule has 1 N–H and O–H groups in total. The fraction of sp³-hybridized carbons (Fsp3) is 0.259. The molecule has 4 rings (SSSR count). The molecule has 0 aliphatic heterocycles. The summed E-state index contributed by atoms with van der Waals surface area (Å²) < 4.78 is 18.7. The van der Waals surface area contributed by atoms with Crippen molar-refractivity contribution in [2.24, 2.45) is 0 Å². The van der Waals surface area contributed by atoms with E-state index in [4.69, 9.17) is 19.2 Å². The Hall–Kier alpha value is -4.00. The van der Waals surface area contributed by atoms with Crippen molar-refractivity contribution >= 4 is 16.9 Å². The summed E-state index contributed by atoms with van der Waals surface area (Å²) in [6.45, 7) is 1.61. The molecule has 1 heterocycles. The first-order chi connectivity index (χ1) is 16.7. The number of fused-ring (bicyclic) bond motifs is 1. The van der Waals surface area contributed by atoms with Crippen LogP contribution in [0.1, 0.15) is 11.4 Å². The first-order valence-corrected chi connectivity index (χ1v) is 11.3. The van der Waals surface area contributed by atoms with Crippen LogP contribution in [0.5, 0.6) is 17.2 Å². The Bertz CT molecular complexity index is 1230. The number of carbonyl (C=O) groups is 1. The Labute approximate surface area is 199 Å². The number of aromatic nitrogens is 2. The van der Waals surface area contributed by atoms with Crippen LogP contribution < -0.4 is 19.5 Å². The second-order valence-electron chi connectivity index (χ2n) is 7.79. The van der Waals surface area contributed by atoms with Crippen LogP contribution >= 0.6 is 0 Å². The molecule has 7 nitrogen and oxygen atoms in total. The van der Waals surface area contributed by atoms with Gasteiger partial charge < -0.3 is 24.1 Å². The van der Waals surface area contributed by atoms with Gasteiger partial charge in [0.25, 0.3) is 0 Å². The van der Waals surface area contributed by atoms with E-state index < -0.39 is 0 Å². The van der Waals surface area contributed by atoms with Crippen LogP contribution in [-0.4, -0.2) is 42.8 Å². The number of ether oxygens (including phenoxy) is 3. The molecular formula is C27H29N3O4. The van der Waals surface area contributed by atoms with E-state index >= 15 is 0 Å². The molecule has 0 atom stereocenters. The lowest BCUT2D eigenvalue weighted by Gasteiger charge is -2.13. The number of hydrogen-bond acceptors (Lipinski definition) is 5. The molecule has 0 aliphatic carbocycles. The molecule has 0 saturated carbocycles. The lowest BCUT2D eigenvalue weighted by molar-refractivity contribution is -0.120. The molecule has 0 spiro atoms. The summed E-state index contributed by atoms with van der Waals surface area (Å²) in [6, 6.07) is 23.2. The van der Waals surface area contributed by atoms with Crippen LogP contribution in [0.2, 0.25) is 0 Å². The van der Waals surface area contributed by atoms with Crippen molar-refractivity contribution in [1.82, 2.24) is 14.9 Å². The summed E-state index contributed by atoms with van der Waals surface area (Å²) in [7, 11) is 3.26. The number of carbonyl (C=O) groups excluding carboxylic acids is 1.